The fourth-order valence-electron chi connectivity index (χ4n) is 4.70. The highest BCUT2D eigenvalue weighted by atomic mass is 16.2. The van der Waals surface area contributed by atoms with Crippen LogP contribution in [0.1, 0.15) is 27.0 Å². The smallest absolute Gasteiger partial charge is 0.254 e. The van der Waals surface area contributed by atoms with Gasteiger partial charge in [0, 0.05) is 42.8 Å². The van der Waals surface area contributed by atoms with Gasteiger partial charge in [0.05, 0.1) is 16.8 Å². The molecule has 1 saturated heterocycles. The molecule has 0 unspecified atom stereocenters. The number of amides is 1. The minimum Gasteiger partial charge on any atom is -0.368 e. The van der Waals surface area contributed by atoms with Crippen LogP contribution in [0.2, 0.25) is 0 Å². The van der Waals surface area contributed by atoms with E-state index in [1.54, 1.807) is 0 Å². The van der Waals surface area contributed by atoms with Gasteiger partial charge in [0.2, 0.25) is 0 Å². The molecule has 4 aromatic rings. The van der Waals surface area contributed by atoms with Crippen molar-refractivity contribution in [1.82, 2.24) is 9.88 Å². The maximum Gasteiger partial charge on any atom is 0.254 e. The summed E-state index contributed by atoms with van der Waals surface area (Å²) in [7, 11) is 0. The van der Waals surface area contributed by atoms with E-state index in [1.807, 2.05) is 41.3 Å². The number of nitrogens with zero attached hydrogens (tertiary/aromatic N) is 3. The minimum absolute atomic E-state index is 0.0862. The molecule has 0 N–H and O–H groups in total. The van der Waals surface area contributed by atoms with Crippen molar-refractivity contribution in [3.63, 3.8) is 0 Å². The molecule has 0 radical (unpaired) electrons. The molecule has 0 aliphatic carbocycles. The highest BCUT2D eigenvalue weighted by Crippen LogP contribution is 2.28. The van der Waals surface area contributed by atoms with Crippen molar-refractivity contribution in [2.75, 3.05) is 31.1 Å². The number of hydrogen-bond acceptors (Lipinski definition) is 3. The molecule has 0 bridgehead atoms. The van der Waals surface area contributed by atoms with Crippen molar-refractivity contribution >= 4 is 22.5 Å². The topological polar surface area (TPSA) is 36.4 Å². The number of anilines is 1. The molecule has 1 aliphatic heterocycles. The molecule has 1 aromatic heterocycles. The molecule has 4 nitrogen and oxygen atoms in total. The number of carbonyl (C=O) groups excluding carboxylic acids is 1. The Hall–Kier alpha value is -3.66. The largest absolute Gasteiger partial charge is 0.368 e. The van der Waals surface area contributed by atoms with Crippen molar-refractivity contribution in [2.45, 2.75) is 20.8 Å². The van der Waals surface area contributed by atoms with E-state index in [0.29, 0.717) is 13.1 Å². The van der Waals surface area contributed by atoms with Crippen LogP contribution in [0, 0.1) is 20.8 Å². The first-order valence-corrected chi connectivity index (χ1v) is 11.6. The number of rotatable bonds is 3. The molecule has 4 heteroatoms. The van der Waals surface area contributed by atoms with E-state index >= 15 is 0 Å². The lowest BCUT2D eigenvalue weighted by Gasteiger charge is -2.37. The molecule has 0 spiro atoms. The summed E-state index contributed by atoms with van der Waals surface area (Å²) in [5.41, 5.74) is 8.55. The molecule has 0 atom stereocenters. The summed E-state index contributed by atoms with van der Waals surface area (Å²) in [6, 6.07) is 24.7. The first-order valence-electron chi connectivity index (χ1n) is 11.6. The van der Waals surface area contributed by atoms with Gasteiger partial charge in [-0.2, -0.15) is 0 Å². The highest BCUT2D eigenvalue weighted by molar-refractivity contribution is 6.07. The molecule has 1 fully saturated rings. The van der Waals surface area contributed by atoms with Crippen LogP contribution in [0.25, 0.3) is 22.2 Å². The Morgan fingerprint density at radius 2 is 1.58 bits per heavy atom. The molecule has 1 amide bonds. The Morgan fingerprint density at radius 1 is 0.818 bits per heavy atom. The van der Waals surface area contributed by atoms with E-state index in [-0.39, 0.29) is 5.91 Å². The molecule has 166 valence electrons. The van der Waals surface area contributed by atoms with E-state index in [2.05, 4.69) is 62.1 Å². The van der Waals surface area contributed by atoms with E-state index in [4.69, 9.17) is 4.98 Å². The van der Waals surface area contributed by atoms with Gasteiger partial charge in [0.1, 0.15) is 0 Å². The standard InChI is InChI=1S/C29H29N3O/c1-20-8-6-10-23(18-20)27-19-25(24-11-4-5-12-26(24)30-27)29(33)32-16-14-31(15-17-32)28-13-7-9-21(2)22(28)3/h4-13,18-19H,14-17H2,1-3H3. The van der Waals surface area contributed by atoms with Crippen LogP contribution in [-0.2, 0) is 0 Å². The van der Waals surface area contributed by atoms with Crippen LogP contribution in [0.15, 0.2) is 72.8 Å². The second-order valence-electron chi connectivity index (χ2n) is 8.94. The number of benzene rings is 3. The molecular weight excluding hydrogens is 406 g/mol. The van der Waals surface area contributed by atoms with E-state index in [9.17, 15) is 4.79 Å². The Balaban J connectivity index is 1.44. The highest BCUT2D eigenvalue weighted by Gasteiger charge is 2.25. The Kier molecular flexibility index (Phi) is 5.59. The monoisotopic (exact) mass is 435 g/mol. The molecule has 1 aliphatic rings. The van der Waals surface area contributed by atoms with Crippen molar-refractivity contribution in [2.24, 2.45) is 0 Å². The number of aryl methyl sites for hydroxylation is 2. The molecular formula is C29H29N3O. The number of fused-ring (bicyclic) bond motifs is 1. The molecule has 2 heterocycles. The average molecular weight is 436 g/mol. The number of hydrogen-bond donors (Lipinski definition) is 0. The van der Waals surface area contributed by atoms with Gasteiger partial charge in [-0.1, -0.05) is 54.1 Å². The lowest BCUT2D eigenvalue weighted by molar-refractivity contribution is 0.0748. The van der Waals surface area contributed by atoms with Crippen molar-refractivity contribution in [3.05, 3.63) is 95.1 Å². The fourth-order valence-corrected chi connectivity index (χ4v) is 4.70. The minimum atomic E-state index is 0.0862. The third-order valence-electron chi connectivity index (χ3n) is 6.74. The van der Waals surface area contributed by atoms with Gasteiger partial charge in [0.25, 0.3) is 5.91 Å². The van der Waals surface area contributed by atoms with Gasteiger partial charge < -0.3 is 9.80 Å². The predicted octanol–water partition coefficient (Wildman–Crippen LogP) is 5.79. The Bertz CT molecular complexity index is 1340. The zero-order chi connectivity index (χ0) is 22.9. The predicted molar refractivity (Wildman–Crippen MR) is 136 cm³/mol. The van der Waals surface area contributed by atoms with Crippen LogP contribution in [0.5, 0.6) is 0 Å². The van der Waals surface area contributed by atoms with Crippen LogP contribution >= 0.6 is 0 Å². The maximum atomic E-state index is 13.7. The van der Waals surface area contributed by atoms with E-state index in [0.717, 1.165) is 40.8 Å². The normalized spacial score (nSPS) is 14.0. The summed E-state index contributed by atoms with van der Waals surface area (Å²) in [6.07, 6.45) is 0. The third-order valence-corrected chi connectivity index (χ3v) is 6.74. The summed E-state index contributed by atoms with van der Waals surface area (Å²) in [6.45, 7) is 9.50. The van der Waals surface area contributed by atoms with Gasteiger partial charge in [-0.25, -0.2) is 4.98 Å². The number of aromatic nitrogens is 1. The van der Waals surface area contributed by atoms with Crippen molar-refractivity contribution < 1.29 is 4.79 Å². The summed E-state index contributed by atoms with van der Waals surface area (Å²) in [5.74, 6) is 0.0862. The molecule has 3 aromatic carbocycles. The SMILES string of the molecule is Cc1cccc(-c2cc(C(=O)N3CCN(c4cccc(C)c4C)CC3)c3ccccc3n2)c1. The fraction of sp³-hybridized carbons (Fsp3) is 0.241. The van der Waals surface area contributed by atoms with Crippen LogP contribution in [0.3, 0.4) is 0 Å². The first-order chi connectivity index (χ1) is 16.0. The summed E-state index contributed by atoms with van der Waals surface area (Å²) < 4.78 is 0. The van der Waals surface area contributed by atoms with Gasteiger partial charge in [-0.15, -0.1) is 0 Å². The number of piperazine rings is 1. The quantitative estimate of drug-likeness (QED) is 0.409. The second-order valence-corrected chi connectivity index (χ2v) is 8.94. The number of pyridine rings is 1. The second kappa shape index (κ2) is 8.70. The molecule has 33 heavy (non-hydrogen) atoms. The zero-order valence-electron chi connectivity index (χ0n) is 19.5. The number of carbonyl (C=O) groups is 1. The van der Waals surface area contributed by atoms with E-state index in [1.165, 1.54) is 22.4 Å². The van der Waals surface area contributed by atoms with Gasteiger partial charge in [-0.3, -0.25) is 4.79 Å². The summed E-state index contributed by atoms with van der Waals surface area (Å²) in [4.78, 5) is 23.0. The molecule has 5 rings (SSSR count). The zero-order valence-corrected chi connectivity index (χ0v) is 19.5. The van der Waals surface area contributed by atoms with Gasteiger partial charge >= 0.3 is 0 Å². The van der Waals surface area contributed by atoms with Crippen LogP contribution in [0.4, 0.5) is 5.69 Å². The number of para-hydroxylation sites is 1. The summed E-state index contributed by atoms with van der Waals surface area (Å²) >= 11 is 0. The Morgan fingerprint density at radius 3 is 2.36 bits per heavy atom. The third kappa shape index (κ3) is 4.09. The van der Waals surface area contributed by atoms with E-state index < -0.39 is 0 Å². The van der Waals surface area contributed by atoms with Crippen molar-refractivity contribution in [3.8, 4) is 11.3 Å². The van der Waals surface area contributed by atoms with Gasteiger partial charge in [-0.05, 0) is 56.2 Å². The van der Waals surface area contributed by atoms with Crippen LogP contribution in [-0.4, -0.2) is 42.0 Å². The van der Waals surface area contributed by atoms with Crippen molar-refractivity contribution in [1.29, 1.82) is 0 Å². The lowest BCUT2D eigenvalue weighted by atomic mass is 10.0. The maximum absolute atomic E-state index is 13.7. The molecule has 0 saturated carbocycles. The summed E-state index contributed by atoms with van der Waals surface area (Å²) in [5, 5.41) is 0.913. The average Bonchev–Trinajstić information content (AvgIpc) is 2.85. The first kappa shape index (κ1) is 21.2. The lowest BCUT2D eigenvalue weighted by Crippen LogP contribution is -2.49. The van der Waals surface area contributed by atoms with Crippen LogP contribution < -0.4 is 4.90 Å². The van der Waals surface area contributed by atoms with Gasteiger partial charge in [0.15, 0.2) is 0 Å². The Labute approximate surface area is 195 Å².